The minimum absolute atomic E-state index is 1.11. The monoisotopic (exact) mass is 497 g/mol. The van der Waals surface area contributed by atoms with Crippen molar-refractivity contribution >= 4 is 38.7 Å². The van der Waals surface area contributed by atoms with E-state index < -0.39 is 0 Å². The van der Waals surface area contributed by atoms with E-state index in [1.165, 1.54) is 71.6 Å². The van der Waals surface area contributed by atoms with Crippen molar-refractivity contribution < 1.29 is 0 Å². The zero-order valence-corrected chi connectivity index (χ0v) is 21.6. The number of hydrogen-bond donors (Lipinski definition) is 0. The van der Waals surface area contributed by atoms with Gasteiger partial charge in [-0.2, -0.15) is 0 Å². The van der Waals surface area contributed by atoms with Gasteiger partial charge in [0.05, 0.1) is 11.0 Å². The molecule has 1 heterocycles. The van der Waals surface area contributed by atoms with E-state index in [0.29, 0.717) is 0 Å². The smallest absolute Gasteiger partial charge is 0.0541 e. The van der Waals surface area contributed by atoms with Gasteiger partial charge in [-0.05, 0) is 93.4 Å². The molecule has 1 aliphatic carbocycles. The van der Waals surface area contributed by atoms with Crippen LogP contribution >= 0.6 is 0 Å². The molecule has 0 unspecified atom stereocenters. The van der Waals surface area contributed by atoms with Crippen LogP contribution in [-0.4, -0.2) is 4.57 Å². The largest absolute Gasteiger partial charge is 0.309 e. The zero-order valence-electron chi connectivity index (χ0n) is 21.6. The maximum atomic E-state index is 2.37. The first-order chi connectivity index (χ1) is 19.3. The van der Waals surface area contributed by atoms with E-state index in [1.54, 1.807) is 0 Å². The Kier molecular flexibility index (Phi) is 5.03. The number of hydrogen-bond acceptors (Lipinski definition) is 0. The molecular weight excluding hydrogens is 470 g/mol. The zero-order chi connectivity index (χ0) is 25.8. The summed E-state index contributed by atoms with van der Waals surface area (Å²) in [7, 11) is 0. The van der Waals surface area contributed by atoms with Crippen LogP contribution in [0.1, 0.15) is 17.5 Å². The maximum Gasteiger partial charge on any atom is 0.0541 e. The van der Waals surface area contributed by atoms with Gasteiger partial charge in [0.15, 0.2) is 0 Å². The Hall–Kier alpha value is -4.88. The summed E-state index contributed by atoms with van der Waals surface area (Å²) in [6.07, 6.45) is 6.86. The van der Waals surface area contributed by atoms with Crippen molar-refractivity contribution in [3.8, 4) is 27.9 Å². The lowest BCUT2D eigenvalue weighted by atomic mass is 9.85. The highest BCUT2D eigenvalue weighted by Gasteiger charge is 2.16. The molecule has 184 valence electrons. The minimum atomic E-state index is 1.11. The molecule has 0 bridgehead atoms. The van der Waals surface area contributed by atoms with Crippen LogP contribution in [0, 0.1) is 0 Å². The Morgan fingerprint density at radius 1 is 0.513 bits per heavy atom. The summed E-state index contributed by atoms with van der Waals surface area (Å²) in [5.74, 6) is 0. The second-order valence-electron chi connectivity index (χ2n) is 10.5. The van der Waals surface area contributed by atoms with Gasteiger partial charge < -0.3 is 4.57 Å². The van der Waals surface area contributed by atoms with E-state index in [0.717, 1.165) is 12.8 Å². The molecule has 0 fully saturated rings. The number of rotatable bonds is 3. The Morgan fingerprint density at radius 2 is 1.21 bits per heavy atom. The third-order valence-electron chi connectivity index (χ3n) is 8.26. The fourth-order valence-corrected chi connectivity index (χ4v) is 6.42. The molecule has 8 rings (SSSR count). The summed E-state index contributed by atoms with van der Waals surface area (Å²) in [6, 6.07) is 46.6. The lowest BCUT2D eigenvalue weighted by Gasteiger charge is -2.19. The van der Waals surface area contributed by atoms with Crippen molar-refractivity contribution in [1.29, 1.82) is 0 Å². The molecule has 7 aromatic rings. The summed E-state index contributed by atoms with van der Waals surface area (Å²) < 4.78 is 2.37. The molecule has 0 radical (unpaired) electrons. The quantitative estimate of drug-likeness (QED) is 0.229. The van der Waals surface area contributed by atoms with Crippen LogP contribution in [-0.2, 0) is 6.42 Å². The van der Waals surface area contributed by atoms with Crippen LogP contribution < -0.4 is 0 Å². The van der Waals surface area contributed by atoms with E-state index in [4.69, 9.17) is 0 Å². The number of aromatic nitrogens is 1. The van der Waals surface area contributed by atoms with Gasteiger partial charge in [0.2, 0.25) is 0 Å². The van der Waals surface area contributed by atoms with Crippen LogP contribution in [0.3, 0.4) is 0 Å². The summed E-state index contributed by atoms with van der Waals surface area (Å²) in [4.78, 5) is 0. The highest BCUT2D eigenvalue weighted by molar-refractivity contribution is 6.10. The fraction of sp³-hybridized carbons (Fsp3) is 0.0526. The van der Waals surface area contributed by atoms with E-state index >= 15 is 0 Å². The predicted molar refractivity (Wildman–Crippen MR) is 167 cm³/mol. The number of nitrogens with zero attached hydrogens (tertiary/aromatic N) is 1. The van der Waals surface area contributed by atoms with Gasteiger partial charge in [-0.25, -0.2) is 0 Å². The third-order valence-corrected chi connectivity index (χ3v) is 8.26. The number of benzene rings is 6. The Bertz CT molecular complexity index is 2040. The van der Waals surface area contributed by atoms with Gasteiger partial charge in [-0.3, -0.25) is 0 Å². The van der Waals surface area contributed by atoms with Crippen LogP contribution in [0.5, 0.6) is 0 Å². The molecule has 0 saturated carbocycles. The van der Waals surface area contributed by atoms with Crippen molar-refractivity contribution in [2.24, 2.45) is 0 Å². The number of fused-ring (bicyclic) bond motifs is 6. The number of aryl methyl sites for hydroxylation is 1. The van der Waals surface area contributed by atoms with Crippen molar-refractivity contribution in [3.05, 3.63) is 145 Å². The second-order valence-corrected chi connectivity index (χ2v) is 10.5. The summed E-state index contributed by atoms with van der Waals surface area (Å²) in [5, 5.41) is 5.28. The van der Waals surface area contributed by atoms with E-state index in [9.17, 15) is 0 Å². The molecule has 0 aliphatic heterocycles. The maximum absolute atomic E-state index is 2.37. The van der Waals surface area contributed by atoms with Gasteiger partial charge in [-0.1, -0.05) is 103 Å². The molecule has 1 heteroatoms. The molecule has 1 nitrogen and oxygen atoms in total. The first-order valence-electron chi connectivity index (χ1n) is 13.8. The molecule has 0 amide bonds. The number of allylic oxidation sites excluding steroid dienone is 1. The highest BCUT2D eigenvalue weighted by atomic mass is 15.0. The van der Waals surface area contributed by atoms with Crippen LogP contribution in [0.2, 0.25) is 0 Å². The van der Waals surface area contributed by atoms with Gasteiger partial charge in [-0.15, -0.1) is 0 Å². The summed E-state index contributed by atoms with van der Waals surface area (Å²) >= 11 is 0. The normalized spacial score (nSPS) is 12.8. The second kappa shape index (κ2) is 8.85. The first-order valence-corrected chi connectivity index (χ1v) is 13.8. The summed E-state index contributed by atoms with van der Waals surface area (Å²) in [6.45, 7) is 0. The van der Waals surface area contributed by atoms with E-state index in [1.807, 2.05) is 0 Å². The van der Waals surface area contributed by atoms with E-state index in [2.05, 4.69) is 144 Å². The molecule has 1 aliphatic rings. The van der Waals surface area contributed by atoms with Crippen molar-refractivity contribution in [2.75, 3.05) is 0 Å². The highest BCUT2D eigenvalue weighted by Crippen LogP contribution is 2.38. The SMILES string of the molecule is C1=Cc2c(-c3ccc(-c4ccc5c(c4)c4ccccc4n5-c4ccccc4)cc3)cc3ccccc3c2CC1. The molecule has 0 N–H and O–H groups in total. The van der Waals surface area contributed by atoms with Crippen LogP contribution in [0.15, 0.2) is 133 Å². The van der Waals surface area contributed by atoms with Crippen molar-refractivity contribution in [3.63, 3.8) is 0 Å². The minimum Gasteiger partial charge on any atom is -0.309 e. The van der Waals surface area contributed by atoms with Crippen molar-refractivity contribution in [1.82, 2.24) is 4.57 Å². The Labute approximate surface area is 228 Å². The fourth-order valence-electron chi connectivity index (χ4n) is 6.42. The van der Waals surface area contributed by atoms with Crippen LogP contribution in [0.4, 0.5) is 0 Å². The van der Waals surface area contributed by atoms with Gasteiger partial charge in [0, 0.05) is 16.5 Å². The first kappa shape index (κ1) is 22.1. The summed E-state index contributed by atoms with van der Waals surface area (Å²) in [5.41, 5.74) is 11.6. The molecule has 6 aromatic carbocycles. The molecule has 39 heavy (non-hydrogen) atoms. The topological polar surface area (TPSA) is 4.93 Å². The standard InChI is InChI=1S/C38H27N/c1-2-11-30(12-3-1)39-37-17-9-8-16-34(37)36-24-28(22-23-38(36)39)26-18-20-27(21-19-26)35-25-29-10-4-5-13-31(29)32-14-6-7-15-33(32)35/h1-5,7-13,15-25H,6,14H2. The van der Waals surface area contributed by atoms with Gasteiger partial charge >= 0.3 is 0 Å². The Balaban J connectivity index is 1.25. The molecule has 0 saturated heterocycles. The van der Waals surface area contributed by atoms with Crippen molar-refractivity contribution in [2.45, 2.75) is 12.8 Å². The molecule has 1 aromatic heterocycles. The Morgan fingerprint density at radius 3 is 2.08 bits per heavy atom. The third kappa shape index (κ3) is 3.55. The predicted octanol–water partition coefficient (Wildman–Crippen LogP) is 10.2. The average molecular weight is 498 g/mol. The lowest BCUT2D eigenvalue weighted by molar-refractivity contribution is 0.998. The molecular formula is C38H27N. The average Bonchev–Trinajstić information content (AvgIpc) is 3.35. The molecule has 0 spiro atoms. The van der Waals surface area contributed by atoms with Gasteiger partial charge in [0.1, 0.15) is 0 Å². The number of para-hydroxylation sites is 2. The van der Waals surface area contributed by atoms with Gasteiger partial charge in [0.25, 0.3) is 0 Å². The lowest BCUT2D eigenvalue weighted by Crippen LogP contribution is -1.98. The van der Waals surface area contributed by atoms with E-state index in [-0.39, 0.29) is 0 Å². The van der Waals surface area contributed by atoms with Crippen LogP contribution in [0.25, 0.3) is 66.6 Å². The molecule has 0 atom stereocenters.